The number of aryl methyl sites for hydroxylation is 2. The topological polar surface area (TPSA) is 74.8 Å². The van der Waals surface area contributed by atoms with Crippen LogP contribution in [0, 0.1) is 12.7 Å². The number of aromatic amines is 1. The van der Waals surface area contributed by atoms with Crippen LogP contribution in [0.15, 0.2) is 34.2 Å². The molecule has 2 N–H and O–H groups in total. The summed E-state index contributed by atoms with van der Waals surface area (Å²) in [5.74, 6) is -0.580. The molecular formula is C16H18FN3O2S. The van der Waals surface area contributed by atoms with Gasteiger partial charge in [0.2, 0.25) is 5.91 Å². The number of thioether (sulfide) groups is 1. The molecule has 0 unspecified atom stereocenters. The van der Waals surface area contributed by atoms with Crippen molar-refractivity contribution >= 4 is 23.4 Å². The number of benzene rings is 1. The molecule has 0 atom stereocenters. The molecule has 122 valence electrons. The number of carbonyl (C=O) groups excluding carboxylic acids is 1. The van der Waals surface area contributed by atoms with Crippen molar-refractivity contribution in [3.63, 3.8) is 0 Å². The Balaban J connectivity index is 1.96. The first-order valence-electron chi connectivity index (χ1n) is 7.27. The molecule has 23 heavy (non-hydrogen) atoms. The molecule has 0 aliphatic rings. The van der Waals surface area contributed by atoms with E-state index in [0.717, 1.165) is 18.2 Å². The van der Waals surface area contributed by atoms with E-state index in [-0.39, 0.29) is 23.0 Å². The van der Waals surface area contributed by atoms with Crippen LogP contribution < -0.4 is 10.9 Å². The van der Waals surface area contributed by atoms with Gasteiger partial charge in [-0.05, 0) is 31.0 Å². The highest BCUT2D eigenvalue weighted by atomic mass is 32.2. The third-order valence-corrected chi connectivity index (χ3v) is 3.95. The van der Waals surface area contributed by atoms with E-state index in [1.807, 2.05) is 6.92 Å². The molecule has 1 aromatic heterocycles. The second kappa shape index (κ2) is 7.92. The molecule has 2 rings (SSSR count). The number of rotatable bonds is 6. The number of nitrogens with zero attached hydrogens (tertiary/aromatic N) is 1. The third kappa shape index (κ3) is 5.21. The van der Waals surface area contributed by atoms with Gasteiger partial charge in [0.15, 0.2) is 5.16 Å². The first-order valence-corrected chi connectivity index (χ1v) is 8.25. The van der Waals surface area contributed by atoms with Crippen molar-refractivity contribution < 1.29 is 9.18 Å². The summed E-state index contributed by atoms with van der Waals surface area (Å²) in [6, 6.07) is 5.98. The summed E-state index contributed by atoms with van der Waals surface area (Å²) in [5, 5.41) is 3.02. The first-order chi connectivity index (χ1) is 11.0. The Bertz CT molecular complexity index is 761. The SMILES string of the molecule is CCCc1cc(=O)[nH]c(SCC(=O)Nc2ccc(C)c(F)c2)n1. The molecule has 0 radical (unpaired) electrons. The number of H-pyrrole nitrogens is 1. The number of anilines is 1. The Morgan fingerprint density at radius 3 is 2.87 bits per heavy atom. The van der Waals surface area contributed by atoms with Crippen LogP contribution >= 0.6 is 11.8 Å². The molecule has 1 aromatic carbocycles. The Morgan fingerprint density at radius 2 is 2.17 bits per heavy atom. The lowest BCUT2D eigenvalue weighted by atomic mass is 10.2. The predicted octanol–water partition coefficient (Wildman–Crippen LogP) is 2.90. The monoisotopic (exact) mass is 335 g/mol. The van der Waals surface area contributed by atoms with Crippen molar-refractivity contribution in [3.05, 3.63) is 51.7 Å². The summed E-state index contributed by atoms with van der Waals surface area (Å²) in [6.45, 7) is 3.66. The number of nitrogens with one attached hydrogen (secondary N) is 2. The Labute approximate surface area is 137 Å². The van der Waals surface area contributed by atoms with Crippen LogP contribution in [0.1, 0.15) is 24.6 Å². The zero-order chi connectivity index (χ0) is 16.8. The molecule has 0 aliphatic heterocycles. The van der Waals surface area contributed by atoms with Crippen molar-refractivity contribution in [3.8, 4) is 0 Å². The molecule has 7 heteroatoms. The Kier molecular flexibility index (Phi) is 5.92. The van der Waals surface area contributed by atoms with Crippen LogP contribution in [0.3, 0.4) is 0 Å². The van der Waals surface area contributed by atoms with Crippen LogP contribution in [0.25, 0.3) is 0 Å². The fraction of sp³-hybridized carbons (Fsp3) is 0.312. The first kappa shape index (κ1) is 17.2. The summed E-state index contributed by atoms with van der Waals surface area (Å²) in [7, 11) is 0. The molecule has 0 bridgehead atoms. The number of hydrogen-bond donors (Lipinski definition) is 2. The molecular weight excluding hydrogens is 317 g/mol. The third-order valence-electron chi connectivity index (χ3n) is 3.07. The fourth-order valence-corrected chi connectivity index (χ4v) is 2.63. The molecule has 1 amide bonds. The second-order valence-electron chi connectivity index (χ2n) is 5.09. The van der Waals surface area contributed by atoms with Crippen molar-refractivity contribution in [2.24, 2.45) is 0 Å². The van der Waals surface area contributed by atoms with E-state index in [9.17, 15) is 14.0 Å². The second-order valence-corrected chi connectivity index (χ2v) is 6.06. The van der Waals surface area contributed by atoms with Gasteiger partial charge in [-0.3, -0.25) is 9.59 Å². The summed E-state index contributed by atoms with van der Waals surface area (Å²) in [5.41, 5.74) is 1.40. The van der Waals surface area contributed by atoms with Gasteiger partial charge in [0.25, 0.3) is 5.56 Å². The van der Waals surface area contributed by atoms with Gasteiger partial charge in [0, 0.05) is 17.4 Å². The van der Waals surface area contributed by atoms with E-state index in [2.05, 4.69) is 15.3 Å². The minimum Gasteiger partial charge on any atom is -0.325 e. The molecule has 0 saturated carbocycles. The van der Waals surface area contributed by atoms with E-state index in [1.165, 1.54) is 12.1 Å². The van der Waals surface area contributed by atoms with Crippen molar-refractivity contribution in [1.29, 1.82) is 0 Å². The lowest BCUT2D eigenvalue weighted by molar-refractivity contribution is -0.113. The van der Waals surface area contributed by atoms with Crippen LogP contribution in [-0.2, 0) is 11.2 Å². The van der Waals surface area contributed by atoms with Gasteiger partial charge in [-0.25, -0.2) is 9.37 Å². The molecule has 5 nitrogen and oxygen atoms in total. The average Bonchev–Trinajstić information content (AvgIpc) is 2.49. The van der Waals surface area contributed by atoms with Gasteiger partial charge in [-0.2, -0.15) is 0 Å². The summed E-state index contributed by atoms with van der Waals surface area (Å²) < 4.78 is 13.4. The van der Waals surface area contributed by atoms with Crippen LogP contribution in [0.5, 0.6) is 0 Å². The molecule has 0 spiro atoms. The van der Waals surface area contributed by atoms with Gasteiger partial charge in [0.1, 0.15) is 5.82 Å². The number of carbonyl (C=O) groups is 1. The Morgan fingerprint density at radius 1 is 1.39 bits per heavy atom. The predicted molar refractivity (Wildman–Crippen MR) is 89.3 cm³/mol. The number of amides is 1. The van der Waals surface area contributed by atoms with Gasteiger partial charge < -0.3 is 10.3 Å². The summed E-state index contributed by atoms with van der Waals surface area (Å²) >= 11 is 1.14. The minimum absolute atomic E-state index is 0.0774. The smallest absolute Gasteiger partial charge is 0.251 e. The molecule has 2 aromatic rings. The molecule has 0 aliphatic carbocycles. The van der Waals surface area contributed by atoms with Crippen LogP contribution in [0.4, 0.5) is 10.1 Å². The maximum absolute atomic E-state index is 13.4. The number of aromatic nitrogens is 2. The lowest BCUT2D eigenvalue weighted by Crippen LogP contribution is -2.16. The van der Waals surface area contributed by atoms with Gasteiger partial charge in [-0.15, -0.1) is 0 Å². The highest BCUT2D eigenvalue weighted by Gasteiger charge is 2.08. The molecule has 1 heterocycles. The highest BCUT2D eigenvalue weighted by molar-refractivity contribution is 7.99. The zero-order valence-electron chi connectivity index (χ0n) is 13.0. The van der Waals surface area contributed by atoms with Crippen LogP contribution in [0.2, 0.25) is 0 Å². The van der Waals surface area contributed by atoms with E-state index in [0.29, 0.717) is 28.5 Å². The number of hydrogen-bond acceptors (Lipinski definition) is 4. The Hall–Kier alpha value is -2.15. The number of halogens is 1. The summed E-state index contributed by atoms with van der Waals surface area (Å²) in [6.07, 6.45) is 1.60. The van der Waals surface area contributed by atoms with Gasteiger partial charge in [-0.1, -0.05) is 31.2 Å². The van der Waals surface area contributed by atoms with Gasteiger partial charge in [0.05, 0.1) is 5.75 Å². The van der Waals surface area contributed by atoms with E-state index < -0.39 is 0 Å². The molecule has 0 fully saturated rings. The van der Waals surface area contributed by atoms with E-state index in [4.69, 9.17) is 0 Å². The van der Waals surface area contributed by atoms with E-state index >= 15 is 0 Å². The zero-order valence-corrected chi connectivity index (χ0v) is 13.8. The minimum atomic E-state index is -0.367. The maximum Gasteiger partial charge on any atom is 0.251 e. The summed E-state index contributed by atoms with van der Waals surface area (Å²) in [4.78, 5) is 30.3. The maximum atomic E-state index is 13.4. The van der Waals surface area contributed by atoms with E-state index in [1.54, 1.807) is 19.1 Å². The largest absolute Gasteiger partial charge is 0.325 e. The molecule has 0 saturated heterocycles. The van der Waals surface area contributed by atoms with Crippen molar-refractivity contribution in [2.45, 2.75) is 31.8 Å². The normalized spacial score (nSPS) is 10.6. The van der Waals surface area contributed by atoms with Gasteiger partial charge >= 0.3 is 0 Å². The highest BCUT2D eigenvalue weighted by Crippen LogP contribution is 2.16. The standard InChI is InChI=1S/C16H18FN3O2S/c1-3-4-11-8-14(21)20-16(19-11)23-9-15(22)18-12-6-5-10(2)13(17)7-12/h5-8H,3-4,9H2,1-2H3,(H,18,22)(H,19,20,21). The average molecular weight is 335 g/mol. The van der Waals surface area contributed by atoms with Crippen LogP contribution in [-0.4, -0.2) is 21.6 Å². The van der Waals surface area contributed by atoms with Crippen molar-refractivity contribution in [2.75, 3.05) is 11.1 Å². The quantitative estimate of drug-likeness (QED) is 0.629. The fourth-order valence-electron chi connectivity index (χ4n) is 1.94. The van der Waals surface area contributed by atoms with Crippen molar-refractivity contribution in [1.82, 2.24) is 9.97 Å². The lowest BCUT2D eigenvalue weighted by Gasteiger charge is -2.06.